The first-order chi connectivity index (χ1) is 12.0. The summed E-state index contributed by atoms with van der Waals surface area (Å²) in [6.07, 6.45) is 3.95. The van der Waals surface area contributed by atoms with Gasteiger partial charge in [-0.05, 0) is 43.9 Å². The van der Waals surface area contributed by atoms with Crippen LogP contribution in [0.15, 0.2) is 24.3 Å². The topological polar surface area (TPSA) is 87.7 Å². The molecule has 1 aromatic carbocycles. The Hall–Kier alpha value is -2.08. The zero-order valence-corrected chi connectivity index (χ0v) is 15.0. The highest BCUT2D eigenvalue weighted by molar-refractivity contribution is 5.94. The highest BCUT2D eigenvalue weighted by Crippen LogP contribution is 2.23. The van der Waals surface area contributed by atoms with E-state index in [-0.39, 0.29) is 31.0 Å². The lowest BCUT2D eigenvalue weighted by atomic mass is 9.86. The van der Waals surface area contributed by atoms with E-state index in [1.54, 1.807) is 31.2 Å². The first-order valence-corrected chi connectivity index (χ1v) is 8.94. The van der Waals surface area contributed by atoms with Crippen LogP contribution in [0.4, 0.5) is 0 Å². The zero-order valence-electron chi connectivity index (χ0n) is 15.0. The van der Waals surface area contributed by atoms with Crippen LogP contribution in [0.3, 0.4) is 0 Å². The summed E-state index contributed by atoms with van der Waals surface area (Å²) in [6.45, 7) is 3.89. The number of hydrogen-bond donors (Lipinski definition) is 3. The SMILES string of the molecule is C[C@H](O)CNC(=O)c1cccc(OCC(=O)N[C@H]2CCCC[C@H]2C)c1. The molecule has 0 unspecified atom stereocenters. The number of amides is 2. The highest BCUT2D eigenvalue weighted by Gasteiger charge is 2.22. The Morgan fingerprint density at radius 2 is 2.08 bits per heavy atom. The smallest absolute Gasteiger partial charge is 0.258 e. The lowest BCUT2D eigenvalue weighted by Crippen LogP contribution is -2.43. The summed E-state index contributed by atoms with van der Waals surface area (Å²) in [6, 6.07) is 6.89. The third-order valence-electron chi connectivity index (χ3n) is 4.48. The molecule has 1 aliphatic carbocycles. The minimum Gasteiger partial charge on any atom is -0.484 e. The number of benzene rings is 1. The molecule has 3 N–H and O–H groups in total. The maximum atomic E-state index is 12.1. The molecule has 3 atom stereocenters. The number of hydrogen-bond acceptors (Lipinski definition) is 4. The van der Waals surface area contributed by atoms with Crippen molar-refractivity contribution in [2.45, 2.75) is 51.7 Å². The quantitative estimate of drug-likeness (QED) is 0.702. The molecule has 0 saturated heterocycles. The van der Waals surface area contributed by atoms with Crippen molar-refractivity contribution >= 4 is 11.8 Å². The summed E-state index contributed by atoms with van der Waals surface area (Å²) in [7, 11) is 0. The molecule has 0 radical (unpaired) electrons. The number of carbonyl (C=O) groups excluding carboxylic acids is 2. The Balaban J connectivity index is 1.83. The third kappa shape index (κ3) is 6.38. The molecule has 0 aliphatic heterocycles. The molecule has 0 heterocycles. The summed E-state index contributed by atoms with van der Waals surface area (Å²) in [5.74, 6) is 0.546. The first kappa shape index (κ1) is 19.2. The average molecular weight is 348 g/mol. The summed E-state index contributed by atoms with van der Waals surface area (Å²) < 4.78 is 5.52. The van der Waals surface area contributed by atoms with Gasteiger partial charge in [0.2, 0.25) is 0 Å². The Kier molecular flexibility index (Phi) is 7.25. The van der Waals surface area contributed by atoms with Gasteiger partial charge in [0.15, 0.2) is 6.61 Å². The van der Waals surface area contributed by atoms with Crippen LogP contribution in [0, 0.1) is 5.92 Å². The van der Waals surface area contributed by atoms with Crippen LogP contribution < -0.4 is 15.4 Å². The van der Waals surface area contributed by atoms with Gasteiger partial charge in [0.05, 0.1) is 6.10 Å². The number of rotatable bonds is 7. The molecule has 2 amide bonds. The van der Waals surface area contributed by atoms with Crippen LogP contribution in [0.1, 0.15) is 49.9 Å². The normalized spacial score (nSPS) is 21.2. The minimum atomic E-state index is -0.603. The fraction of sp³-hybridized carbons (Fsp3) is 0.579. The van der Waals surface area contributed by atoms with Crippen molar-refractivity contribution in [1.29, 1.82) is 0 Å². The van der Waals surface area contributed by atoms with E-state index in [9.17, 15) is 14.7 Å². The molecule has 1 aliphatic rings. The third-order valence-corrected chi connectivity index (χ3v) is 4.48. The van der Waals surface area contributed by atoms with Gasteiger partial charge in [-0.3, -0.25) is 9.59 Å². The molecule has 2 rings (SSSR count). The number of aliphatic hydroxyl groups excluding tert-OH is 1. The van der Waals surface area contributed by atoms with Crippen LogP contribution in [0.2, 0.25) is 0 Å². The highest BCUT2D eigenvalue weighted by atomic mass is 16.5. The monoisotopic (exact) mass is 348 g/mol. The van der Waals surface area contributed by atoms with Crippen molar-refractivity contribution in [3.63, 3.8) is 0 Å². The zero-order chi connectivity index (χ0) is 18.2. The predicted molar refractivity (Wildman–Crippen MR) is 95.5 cm³/mol. The standard InChI is InChI=1S/C19H28N2O4/c1-13-6-3-4-9-17(13)21-18(23)12-25-16-8-5-7-15(10-16)19(24)20-11-14(2)22/h5,7-8,10,13-14,17,22H,3-4,6,9,11-12H2,1-2H3,(H,20,24)(H,21,23)/t13-,14+,17+/m1/s1. The number of nitrogens with one attached hydrogen (secondary N) is 2. The average Bonchev–Trinajstić information content (AvgIpc) is 2.60. The molecule has 0 spiro atoms. The first-order valence-electron chi connectivity index (χ1n) is 8.94. The second kappa shape index (κ2) is 9.42. The molecule has 6 heteroatoms. The van der Waals surface area contributed by atoms with Gasteiger partial charge in [0.25, 0.3) is 11.8 Å². The fourth-order valence-electron chi connectivity index (χ4n) is 3.00. The van der Waals surface area contributed by atoms with E-state index in [2.05, 4.69) is 17.6 Å². The van der Waals surface area contributed by atoms with Gasteiger partial charge >= 0.3 is 0 Å². The summed E-state index contributed by atoms with van der Waals surface area (Å²) >= 11 is 0. The van der Waals surface area contributed by atoms with Crippen molar-refractivity contribution in [3.8, 4) is 5.75 Å². The number of aliphatic hydroxyl groups is 1. The van der Waals surface area contributed by atoms with Crippen molar-refractivity contribution in [3.05, 3.63) is 29.8 Å². The van der Waals surface area contributed by atoms with Gasteiger partial charge in [-0.15, -0.1) is 0 Å². The van der Waals surface area contributed by atoms with Gasteiger partial charge in [0, 0.05) is 18.2 Å². The molecule has 6 nitrogen and oxygen atoms in total. The molecule has 1 aromatic rings. The molecule has 0 aromatic heterocycles. The minimum absolute atomic E-state index is 0.0675. The lowest BCUT2D eigenvalue weighted by Gasteiger charge is -2.29. The van der Waals surface area contributed by atoms with E-state index < -0.39 is 6.10 Å². The Labute approximate surface area is 149 Å². The molecule has 1 fully saturated rings. The fourth-order valence-corrected chi connectivity index (χ4v) is 3.00. The van der Waals surface area contributed by atoms with Gasteiger partial charge in [-0.1, -0.05) is 25.8 Å². The molecule has 138 valence electrons. The van der Waals surface area contributed by atoms with Crippen molar-refractivity contribution in [2.75, 3.05) is 13.2 Å². The van der Waals surface area contributed by atoms with Gasteiger partial charge < -0.3 is 20.5 Å². The summed E-state index contributed by atoms with van der Waals surface area (Å²) in [4.78, 5) is 24.1. The van der Waals surface area contributed by atoms with Crippen LogP contribution >= 0.6 is 0 Å². The number of carbonyl (C=O) groups is 2. The van der Waals surface area contributed by atoms with Crippen LogP contribution in [-0.4, -0.2) is 42.2 Å². The van der Waals surface area contributed by atoms with Gasteiger partial charge in [-0.25, -0.2) is 0 Å². The van der Waals surface area contributed by atoms with E-state index in [1.807, 2.05) is 0 Å². The summed E-state index contributed by atoms with van der Waals surface area (Å²) in [5, 5.41) is 14.9. The van der Waals surface area contributed by atoms with Crippen LogP contribution in [0.25, 0.3) is 0 Å². The maximum absolute atomic E-state index is 12.1. The maximum Gasteiger partial charge on any atom is 0.258 e. The van der Waals surface area contributed by atoms with Crippen LogP contribution in [-0.2, 0) is 4.79 Å². The Bertz CT molecular complexity index is 589. The Morgan fingerprint density at radius 1 is 1.32 bits per heavy atom. The lowest BCUT2D eigenvalue weighted by molar-refractivity contribution is -0.124. The van der Waals surface area contributed by atoms with Crippen molar-refractivity contribution in [2.24, 2.45) is 5.92 Å². The van der Waals surface area contributed by atoms with Gasteiger partial charge in [-0.2, -0.15) is 0 Å². The summed E-state index contributed by atoms with van der Waals surface area (Å²) in [5.41, 5.74) is 0.430. The van der Waals surface area contributed by atoms with E-state index in [1.165, 1.54) is 6.42 Å². The van der Waals surface area contributed by atoms with Gasteiger partial charge in [0.1, 0.15) is 5.75 Å². The molecule has 25 heavy (non-hydrogen) atoms. The molecule has 1 saturated carbocycles. The van der Waals surface area contributed by atoms with Crippen molar-refractivity contribution < 1.29 is 19.4 Å². The largest absolute Gasteiger partial charge is 0.484 e. The van der Waals surface area contributed by atoms with Crippen LogP contribution in [0.5, 0.6) is 5.75 Å². The second-order valence-corrected chi connectivity index (χ2v) is 6.81. The number of ether oxygens (including phenoxy) is 1. The van der Waals surface area contributed by atoms with Crippen molar-refractivity contribution in [1.82, 2.24) is 10.6 Å². The van der Waals surface area contributed by atoms with E-state index in [0.29, 0.717) is 17.2 Å². The van der Waals surface area contributed by atoms with E-state index >= 15 is 0 Å². The molecule has 0 bridgehead atoms. The molecular formula is C19H28N2O4. The van der Waals surface area contributed by atoms with E-state index in [0.717, 1.165) is 19.3 Å². The predicted octanol–water partition coefficient (Wildman–Crippen LogP) is 1.87. The van der Waals surface area contributed by atoms with E-state index in [4.69, 9.17) is 4.74 Å². The Morgan fingerprint density at radius 3 is 2.80 bits per heavy atom. The second-order valence-electron chi connectivity index (χ2n) is 6.81. The molecular weight excluding hydrogens is 320 g/mol.